The van der Waals surface area contributed by atoms with Gasteiger partial charge >= 0.3 is 5.97 Å². The Kier molecular flexibility index (Phi) is 11.8. The molecule has 240 valence electrons. The zero-order valence-electron chi connectivity index (χ0n) is 26.7. The third kappa shape index (κ3) is 8.69. The standard InChI is InChI=1S/C37H50O7/c1-23(14-20-32(41)42)13-19-31(40)25(3)30(39)12-10-8-7-9-11-28-24(2)21-29-34(36(4,5)22-37(29,6)44)33(28)35(43)26-15-17-27(38)18-16-26/h7-18,20-21,25,28-31,33-35,38-40,43-44H,19,22H2,1-6H3,(H,41,42)/b8-7+,11-9-,12-10-,20-14+,23-13+/t25-,28-,29+,30+,31+,33-,34-,35-,37+/m0/s1. The molecule has 0 heterocycles. The lowest BCUT2D eigenvalue weighted by Crippen LogP contribution is -2.43. The Balaban J connectivity index is 1.74. The smallest absolute Gasteiger partial charge is 0.328 e. The topological polar surface area (TPSA) is 138 Å². The number of benzene rings is 1. The minimum atomic E-state index is -1.03. The van der Waals surface area contributed by atoms with E-state index in [2.05, 4.69) is 32.9 Å². The Bertz CT molecular complexity index is 1310. The highest BCUT2D eigenvalue weighted by Gasteiger charge is 2.59. The van der Waals surface area contributed by atoms with Crippen LogP contribution in [0.2, 0.25) is 0 Å². The molecular weight excluding hydrogens is 556 g/mol. The number of hydrogen-bond acceptors (Lipinski definition) is 6. The van der Waals surface area contributed by atoms with Crippen molar-refractivity contribution < 1.29 is 35.4 Å². The molecule has 0 radical (unpaired) electrons. The summed E-state index contributed by atoms with van der Waals surface area (Å²) in [5, 5.41) is 62.7. The van der Waals surface area contributed by atoms with E-state index in [9.17, 15) is 30.3 Å². The van der Waals surface area contributed by atoms with Crippen molar-refractivity contribution in [3.8, 4) is 5.75 Å². The Morgan fingerprint density at radius 3 is 2.30 bits per heavy atom. The van der Waals surface area contributed by atoms with Crippen LogP contribution in [0.4, 0.5) is 0 Å². The lowest BCUT2D eigenvalue weighted by atomic mass is 9.59. The average Bonchev–Trinajstić information content (AvgIpc) is 3.14. The largest absolute Gasteiger partial charge is 0.508 e. The van der Waals surface area contributed by atoms with Crippen LogP contribution in [0.15, 0.2) is 96.2 Å². The van der Waals surface area contributed by atoms with E-state index in [4.69, 9.17) is 5.11 Å². The third-order valence-corrected chi connectivity index (χ3v) is 9.49. The highest BCUT2D eigenvalue weighted by molar-refractivity contribution is 5.80. The molecule has 7 nitrogen and oxygen atoms in total. The van der Waals surface area contributed by atoms with Crippen molar-refractivity contribution in [2.24, 2.45) is 35.0 Å². The molecule has 0 aromatic heterocycles. The number of rotatable bonds is 12. The summed E-state index contributed by atoms with van der Waals surface area (Å²) in [4.78, 5) is 10.6. The van der Waals surface area contributed by atoms with Crippen molar-refractivity contribution in [3.05, 3.63) is 102 Å². The predicted octanol–water partition coefficient (Wildman–Crippen LogP) is 6.03. The lowest BCUT2D eigenvalue weighted by molar-refractivity contribution is -0.131. The van der Waals surface area contributed by atoms with Gasteiger partial charge in [-0.3, -0.25) is 0 Å². The maximum absolute atomic E-state index is 11.8. The Morgan fingerprint density at radius 1 is 1.02 bits per heavy atom. The predicted molar refractivity (Wildman–Crippen MR) is 174 cm³/mol. The summed E-state index contributed by atoms with van der Waals surface area (Å²) in [7, 11) is 0. The molecule has 0 aliphatic heterocycles. The van der Waals surface area contributed by atoms with Gasteiger partial charge in [-0.15, -0.1) is 0 Å². The molecule has 0 unspecified atom stereocenters. The number of carbonyl (C=O) groups is 1. The molecule has 1 aromatic carbocycles. The first-order valence-corrected chi connectivity index (χ1v) is 15.4. The minimum Gasteiger partial charge on any atom is -0.508 e. The van der Waals surface area contributed by atoms with Crippen molar-refractivity contribution in [1.82, 2.24) is 0 Å². The van der Waals surface area contributed by atoms with Crippen molar-refractivity contribution in [3.63, 3.8) is 0 Å². The zero-order chi connectivity index (χ0) is 32.8. The van der Waals surface area contributed by atoms with E-state index >= 15 is 0 Å². The monoisotopic (exact) mass is 606 g/mol. The van der Waals surface area contributed by atoms with Gasteiger partial charge in [0.2, 0.25) is 0 Å². The quantitative estimate of drug-likeness (QED) is 0.0970. The van der Waals surface area contributed by atoms with Crippen molar-refractivity contribution >= 4 is 5.97 Å². The molecular formula is C37H50O7. The maximum atomic E-state index is 11.8. The van der Waals surface area contributed by atoms with Gasteiger partial charge < -0.3 is 30.6 Å². The van der Waals surface area contributed by atoms with Crippen LogP contribution >= 0.6 is 0 Å². The lowest BCUT2D eigenvalue weighted by Gasteiger charge is -2.46. The van der Waals surface area contributed by atoms with Gasteiger partial charge in [0.05, 0.1) is 23.9 Å². The number of allylic oxidation sites excluding steroid dienone is 8. The first-order valence-electron chi connectivity index (χ1n) is 15.4. The van der Waals surface area contributed by atoms with Crippen LogP contribution in [0.3, 0.4) is 0 Å². The van der Waals surface area contributed by atoms with Gasteiger partial charge in [0.15, 0.2) is 0 Å². The van der Waals surface area contributed by atoms with Gasteiger partial charge in [-0.25, -0.2) is 4.79 Å². The minimum absolute atomic E-state index is 0.0263. The Hall–Kier alpha value is -3.23. The number of phenolic OH excluding ortho intramolecular Hbond substituents is 1. The number of fused-ring (bicyclic) bond motifs is 1. The fraction of sp³-hybridized carbons (Fsp3) is 0.486. The molecule has 1 fully saturated rings. The second-order valence-corrected chi connectivity index (χ2v) is 13.6. The third-order valence-electron chi connectivity index (χ3n) is 9.49. The summed E-state index contributed by atoms with van der Waals surface area (Å²) >= 11 is 0. The number of carboxylic acids is 1. The molecule has 1 saturated carbocycles. The van der Waals surface area contributed by atoms with Gasteiger partial charge in [-0.2, -0.15) is 0 Å². The van der Waals surface area contributed by atoms with Crippen LogP contribution in [0.1, 0.15) is 66.1 Å². The maximum Gasteiger partial charge on any atom is 0.328 e. The summed E-state index contributed by atoms with van der Waals surface area (Å²) < 4.78 is 0. The van der Waals surface area contributed by atoms with E-state index in [1.165, 1.54) is 6.08 Å². The van der Waals surface area contributed by atoms with Gasteiger partial charge in [-0.1, -0.05) is 98.7 Å². The second-order valence-electron chi connectivity index (χ2n) is 13.6. The molecule has 6 N–H and O–H groups in total. The highest BCUT2D eigenvalue weighted by Crippen LogP contribution is 2.62. The molecule has 9 atom stereocenters. The molecule has 0 bridgehead atoms. The molecule has 0 spiro atoms. The summed E-state index contributed by atoms with van der Waals surface area (Å²) in [5.41, 5.74) is 1.46. The number of aliphatic carboxylic acids is 1. The van der Waals surface area contributed by atoms with Gasteiger partial charge in [-0.05, 0) is 62.6 Å². The van der Waals surface area contributed by atoms with Gasteiger partial charge in [0.1, 0.15) is 5.75 Å². The average molecular weight is 607 g/mol. The molecule has 44 heavy (non-hydrogen) atoms. The molecule has 2 aliphatic carbocycles. The number of phenols is 1. The number of hydrogen-bond donors (Lipinski definition) is 6. The van der Waals surface area contributed by atoms with Crippen molar-refractivity contribution in [2.45, 2.75) is 78.3 Å². The number of carboxylic acid groups (broad SMARTS) is 1. The van der Waals surface area contributed by atoms with Crippen LogP contribution in [0.25, 0.3) is 0 Å². The van der Waals surface area contributed by atoms with E-state index in [1.54, 1.807) is 62.4 Å². The van der Waals surface area contributed by atoms with Crippen LogP contribution in [-0.4, -0.2) is 54.4 Å². The summed E-state index contributed by atoms with van der Waals surface area (Å²) in [6, 6.07) is 6.68. The first kappa shape index (κ1) is 35.3. The summed E-state index contributed by atoms with van der Waals surface area (Å²) in [6.07, 6.45) is 15.9. The fourth-order valence-electron chi connectivity index (χ4n) is 7.25. The Labute approximate surface area is 262 Å². The second kappa shape index (κ2) is 14.7. The molecule has 3 rings (SSSR count). The number of aliphatic hydroxyl groups is 4. The first-order chi connectivity index (χ1) is 20.5. The van der Waals surface area contributed by atoms with Crippen LogP contribution in [-0.2, 0) is 4.79 Å². The van der Waals surface area contributed by atoms with E-state index in [0.29, 0.717) is 12.8 Å². The van der Waals surface area contributed by atoms with Gasteiger partial charge in [0, 0.05) is 29.7 Å². The molecule has 0 saturated heterocycles. The molecule has 2 aliphatic rings. The number of aromatic hydroxyl groups is 1. The van der Waals surface area contributed by atoms with E-state index in [0.717, 1.165) is 22.8 Å². The van der Waals surface area contributed by atoms with E-state index < -0.39 is 35.8 Å². The van der Waals surface area contributed by atoms with E-state index in [-0.39, 0.29) is 34.8 Å². The van der Waals surface area contributed by atoms with Crippen LogP contribution in [0, 0.1) is 35.0 Å². The zero-order valence-corrected chi connectivity index (χ0v) is 26.7. The normalized spacial score (nSPS) is 30.1. The van der Waals surface area contributed by atoms with Crippen molar-refractivity contribution in [1.29, 1.82) is 0 Å². The SMILES string of the molecule is CC1=C[C@@H]2[C@@H]([C@@H]([C@@H](O)c3ccc(O)cc3)[C@H]1\C=C/C=C/C=C\[C@@H](O)[C@H](C)[C@H](O)C/C=C(C)/C=C/C(=O)O)C(C)(C)C[C@@]2(C)O. The van der Waals surface area contributed by atoms with Crippen LogP contribution < -0.4 is 0 Å². The Morgan fingerprint density at radius 2 is 1.66 bits per heavy atom. The van der Waals surface area contributed by atoms with Gasteiger partial charge in [0.25, 0.3) is 0 Å². The summed E-state index contributed by atoms with van der Waals surface area (Å²) in [5.74, 6) is -1.66. The van der Waals surface area contributed by atoms with E-state index in [1.807, 2.05) is 19.1 Å². The number of aliphatic hydroxyl groups excluding tert-OH is 3. The molecule has 1 aromatic rings. The molecule has 0 amide bonds. The summed E-state index contributed by atoms with van der Waals surface area (Å²) in [6.45, 7) is 11.8. The van der Waals surface area contributed by atoms with Crippen LogP contribution in [0.5, 0.6) is 5.75 Å². The fourth-order valence-corrected chi connectivity index (χ4v) is 7.25. The highest BCUT2D eigenvalue weighted by atomic mass is 16.4. The van der Waals surface area contributed by atoms with Crippen molar-refractivity contribution in [2.75, 3.05) is 0 Å². The molecule has 7 heteroatoms.